The van der Waals surface area contributed by atoms with Crippen LogP contribution in [-0.4, -0.2) is 22.9 Å². The Hall–Kier alpha value is -1.55. The van der Waals surface area contributed by atoms with Crippen molar-refractivity contribution in [3.05, 3.63) is 35.9 Å². The number of carboxylic acids is 1. The van der Waals surface area contributed by atoms with Gasteiger partial charge in [0.05, 0.1) is 0 Å². The summed E-state index contributed by atoms with van der Waals surface area (Å²) in [5.74, 6) is -1.91. The molecule has 0 saturated heterocycles. The van der Waals surface area contributed by atoms with Crippen LogP contribution < -0.4 is 5.32 Å². The molecule has 0 heterocycles. The minimum absolute atomic E-state index is 0.268. The van der Waals surface area contributed by atoms with Crippen LogP contribution in [0.2, 0.25) is 0 Å². The van der Waals surface area contributed by atoms with Crippen molar-refractivity contribution in [1.29, 1.82) is 0 Å². The first-order chi connectivity index (χ1) is 7.50. The fraction of sp³-hybridized carbons (Fsp3) is 0.273. The van der Waals surface area contributed by atoms with Crippen molar-refractivity contribution in [1.82, 2.24) is 5.32 Å². The first-order valence-electron chi connectivity index (χ1n) is 4.66. The maximum absolute atomic E-state index is 11.2. The van der Waals surface area contributed by atoms with Crippen LogP contribution in [0.5, 0.6) is 0 Å². The van der Waals surface area contributed by atoms with Crippen LogP contribution in [0.4, 0.5) is 0 Å². The van der Waals surface area contributed by atoms with Gasteiger partial charge in [-0.1, -0.05) is 30.3 Å². The molecule has 0 bridgehead atoms. The number of rotatable bonds is 4. The summed E-state index contributed by atoms with van der Waals surface area (Å²) in [6, 6.07) is 8.48. The van der Waals surface area contributed by atoms with Crippen LogP contribution in [0.3, 0.4) is 0 Å². The van der Waals surface area contributed by atoms with Gasteiger partial charge >= 0.3 is 5.97 Å². The molecule has 0 spiro atoms. The van der Waals surface area contributed by atoms with Gasteiger partial charge in [0.15, 0.2) is 5.54 Å². The summed E-state index contributed by atoms with van der Waals surface area (Å²) in [4.78, 5) is 22.4. The number of nitrogens with one attached hydrogen (secondary N) is 1. The van der Waals surface area contributed by atoms with E-state index in [4.69, 9.17) is 11.6 Å². The smallest absolute Gasteiger partial charge is 0.333 e. The topological polar surface area (TPSA) is 66.4 Å². The average Bonchev–Trinajstić information content (AvgIpc) is 2.29. The Morgan fingerprint density at radius 2 is 1.94 bits per heavy atom. The Kier molecular flexibility index (Phi) is 3.90. The summed E-state index contributed by atoms with van der Waals surface area (Å²) in [5, 5.41) is 11.6. The maximum atomic E-state index is 11.2. The number of hydrogen-bond acceptors (Lipinski definition) is 2. The van der Waals surface area contributed by atoms with E-state index in [0.29, 0.717) is 5.56 Å². The van der Waals surface area contributed by atoms with Gasteiger partial charge in [-0.15, -0.1) is 11.6 Å². The van der Waals surface area contributed by atoms with Gasteiger partial charge in [0.2, 0.25) is 5.91 Å². The average molecular weight is 242 g/mol. The number of benzene rings is 1. The highest BCUT2D eigenvalue weighted by Gasteiger charge is 2.36. The minimum Gasteiger partial charge on any atom is -0.479 e. The van der Waals surface area contributed by atoms with Crippen molar-refractivity contribution in [3.8, 4) is 0 Å². The molecule has 0 unspecified atom stereocenters. The zero-order valence-corrected chi connectivity index (χ0v) is 9.49. The molecular formula is C11H12ClNO3. The molecule has 0 fully saturated rings. The van der Waals surface area contributed by atoms with Crippen molar-refractivity contribution in [3.63, 3.8) is 0 Å². The third-order valence-corrected chi connectivity index (χ3v) is 2.53. The number of carbonyl (C=O) groups excluding carboxylic acids is 1. The Balaban J connectivity index is 3.07. The molecule has 16 heavy (non-hydrogen) atoms. The highest BCUT2D eigenvalue weighted by molar-refractivity contribution is 6.27. The molecule has 1 amide bonds. The molecule has 0 saturated carbocycles. The van der Waals surface area contributed by atoms with Gasteiger partial charge in [0.25, 0.3) is 0 Å². The largest absolute Gasteiger partial charge is 0.479 e. The molecular weight excluding hydrogens is 230 g/mol. The van der Waals surface area contributed by atoms with Gasteiger partial charge in [-0.3, -0.25) is 4.79 Å². The predicted octanol–water partition coefficient (Wildman–Crippen LogP) is 1.34. The standard InChI is InChI=1S/C11H12ClNO3/c1-11(10(15)16,13-9(14)7-12)8-5-3-2-4-6-8/h2-6H,7H2,1H3,(H,13,14)(H,15,16)/t11-/m1/s1. The fourth-order valence-corrected chi connectivity index (χ4v) is 1.40. The van der Waals surface area contributed by atoms with E-state index in [0.717, 1.165) is 0 Å². The van der Waals surface area contributed by atoms with Gasteiger partial charge in [-0.25, -0.2) is 4.79 Å². The Morgan fingerprint density at radius 3 is 2.38 bits per heavy atom. The molecule has 5 heteroatoms. The van der Waals surface area contributed by atoms with E-state index in [9.17, 15) is 14.7 Å². The lowest BCUT2D eigenvalue weighted by atomic mass is 9.92. The van der Waals surface area contributed by atoms with Crippen molar-refractivity contribution in [2.45, 2.75) is 12.5 Å². The number of halogens is 1. The second-order valence-corrected chi connectivity index (χ2v) is 3.75. The lowest BCUT2D eigenvalue weighted by Crippen LogP contribution is -2.50. The number of aliphatic carboxylic acids is 1. The molecule has 4 nitrogen and oxygen atoms in total. The molecule has 0 aliphatic heterocycles. The van der Waals surface area contributed by atoms with Gasteiger partial charge in [-0.05, 0) is 12.5 Å². The molecule has 1 atom stereocenters. The number of hydrogen-bond donors (Lipinski definition) is 2. The van der Waals surface area contributed by atoms with Crippen molar-refractivity contribution in [2.24, 2.45) is 0 Å². The van der Waals surface area contributed by atoms with Crippen LogP contribution in [0, 0.1) is 0 Å². The second kappa shape index (κ2) is 4.99. The summed E-state index contributed by atoms with van der Waals surface area (Å²) in [7, 11) is 0. The molecule has 1 rings (SSSR count). The van der Waals surface area contributed by atoms with E-state index in [2.05, 4.69) is 5.32 Å². The molecule has 0 aliphatic rings. The first-order valence-corrected chi connectivity index (χ1v) is 5.20. The summed E-state index contributed by atoms with van der Waals surface area (Å²) < 4.78 is 0. The normalized spacial score (nSPS) is 13.9. The Morgan fingerprint density at radius 1 is 1.38 bits per heavy atom. The van der Waals surface area contributed by atoms with E-state index in [1.54, 1.807) is 30.3 Å². The molecule has 0 aliphatic carbocycles. The Bertz CT molecular complexity index is 393. The molecule has 1 aromatic rings. The molecule has 1 aromatic carbocycles. The fourth-order valence-electron chi connectivity index (χ4n) is 1.33. The summed E-state index contributed by atoms with van der Waals surface area (Å²) in [6.45, 7) is 1.43. The lowest BCUT2D eigenvalue weighted by Gasteiger charge is -2.26. The summed E-state index contributed by atoms with van der Waals surface area (Å²) in [5.41, 5.74) is -0.950. The number of alkyl halides is 1. The third-order valence-electron chi connectivity index (χ3n) is 2.29. The predicted molar refractivity (Wildman–Crippen MR) is 60.3 cm³/mol. The number of carboxylic acid groups (broad SMARTS) is 1. The van der Waals surface area contributed by atoms with E-state index in [1.807, 2.05) is 0 Å². The van der Waals surface area contributed by atoms with Gasteiger partial charge in [0.1, 0.15) is 5.88 Å². The van der Waals surface area contributed by atoms with Crippen LogP contribution >= 0.6 is 11.6 Å². The minimum atomic E-state index is -1.45. The summed E-state index contributed by atoms with van der Waals surface area (Å²) in [6.07, 6.45) is 0. The lowest BCUT2D eigenvalue weighted by molar-refractivity contribution is -0.147. The third kappa shape index (κ3) is 2.52. The van der Waals surface area contributed by atoms with Crippen LogP contribution in [-0.2, 0) is 15.1 Å². The quantitative estimate of drug-likeness (QED) is 0.782. The SMILES string of the molecule is C[C@](NC(=O)CCl)(C(=O)O)c1ccccc1. The van der Waals surface area contributed by atoms with E-state index < -0.39 is 17.4 Å². The molecule has 2 N–H and O–H groups in total. The molecule has 0 aromatic heterocycles. The van der Waals surface area contributed by atoms with Gasteiger partial charge < -0.3 is 10.4 Å². The number of carbonyl (C=O) groups is 2. The van der Waals surface area contributed by atoms with Crippen LogP contribution in [0.15, 0.2) is 30.3 Å². The van der Waals surface area contributed by atoms with Crippen LogP contribution in [0.25, 0.3) is 0 Å². The van der Waals surface area contributed by atoms with E-state index in [1.165, 1.54) is 6.92 Å². The Labute approximate surface area is 98.2 Å². The van der Waals surface area contributed by atoms with Crippen LogP contribution in [0.1, 0.15) is 12.5 Å². The van der Waals surface area contributed by atoms with Crippen molar-refractivity contribution in [2.75, 3.05) is 5.88 Å². The highest BCUT2D eigenvalue weighted by Crippen LogP contribution is 2.20. The second-order valence-electron chi connectivity index (χ2n) is 3.48. The van der Waals surface area contributed by atoms with Gasteiger partial charge in [0, 0.05) is 0 Å². The van der Waals surface area contributed by atoms with Crippen molar-refractivity contribution < 1.29 is 14.7 Å². The zero-order valence-electron chi connectivity index (χ0n) is 8.74. The zero-order chi connectivity index (χ0) is 12.2. The molecule has 0 radical (unpaired) electrons. The van der Waals surface area contributed by atoms with E-state index >= 15 is 0 Å². The van der Waals surface area contributed by atoms with E-state index in [-0.39, 0.29) is 5.88 Å². The number of amides is 1. The van der Waals surface area contributed by atoms with Crippen molar-refractivity contribution >= 4 is 23.5 Å². The summed E-state index contributed by atoms with van der Waals surface area (Å²) >= 11 is 5.35. The monoisotopic (exact) mass is 241 g/mol. The molecule has 86 valence electrons. The maximum Gasteiger partial charge on any atom is 0.333 e. The first kappa shape index (κ1) is 12.5. The highest BCUT2D eigenvalue weighted by atomic mass is 35.5. The van der Waals surface area contributed by atoms with Gasteiger partial charge in [-0.2, -0.15) is 0 Å².